The van der Waals surface area contributed by atoms with Crippen molar-refractivity contribution in [2.24, 2.45) is 5.73 Å². The highest BCUT2D eigenvalue weighted by molar-refractivity contribution is 5.85. The molecule has 196 valence electrons. The van der Waals surface area contributed by atoms with E-state index in [1.54, 1.807) is 23.4 Å². The van der Waals surface area contributed by atoms with Gasteiger partial charge in [-0.15, -0.1) is 0 Å². The van der Waals surface area contributed by atoms with Crippen molar-refractivity contribution < 1.29 is 19.1 Å². The fourth-order valence-electron chi connectivity index (χ4n) is 4.12. The molecule has 1 aliphatic rings. The van der Waals surface area contributed by atoms with E-state index in [0.717, 1.165) is 12.8 Å². The number of ether oxygens (including phenoxy) is 1. The molecule has 36 heavy (non-hydrogen) atoms. The molecule has 1 saturated heterocycles. The molecule has 3 rings (SSSR count). The van der Waals surface area contributed by atoms with Gasteiger partial charge < -0.3 is 26.0 Å². The smallest absolute Gasteiger partial charge is 0.409 e. The highest BCUT2D eigenvalue weighted by Crippen LogP contribution is 2.19. The number of hydrogen-bond acceptors (Lipinski definition) is 7. The summed E-state index contributed by atoms with van der Waals surface area (Å²) in [6.45, 7) is 6.12. The first-order valence-electron chi connectivity index (χ1n) is 12.3. The van der Waals surface area contributed by atoms with Crippen LogP contribution in [0.3, 0.4) is 0 Å². The van der Waals surface area contributed by atoms with Crippen molar-refractivity contribution in [3.8, 4) is 0 Å². The summed E-state index contributed by atoms with van der Waals surface area (Å²) >= 11 is 0. The van der Waals surface area contributed by atoms with E-state index in [1.165, 1.54) is 18.8 Å². The minimum atomic E-state index is -1.04. The van der Waals surface area contributed by atoms with Gasteiger partial charge >= 0.3 is 6.09 Å². The molecule has 0 spiro atoms. The number of aromatic nitrogens is 3. The van der Waals surface area contributed by atoms with Crippen LogP contribution in [0.15, 0.2) is 36.7 Å². The second-order valence-corrected chi connectivity index (χ2v) is 9.71. The summed E-state index contributed by atoms with van der Waals surface area (Å²) in [4.78, 5) is 42.3. The molecule has 1 unspecified atom stereocenters. The average Bonchev–Trinajstić information content (AvgIpc) is 3.48. The van der Waals surface area contributed by atoms with Crippen molar-refractivity contribution in [1.82, 2.24) is 30.3 Å². The predicted octanol–water partition coefficient (Wildman–Crippen LogP) is 1.54. The van der Waals surface area contributed by atoms with Crippen molar-refractivity contribution in [3.63, 3.8) is 0 Å². The van der Waals surface area contributed by atoms with Crippen LogP contribution in [0.5, 0.6) is 0 Å². The van der Waals surface area contributed by atoms with Crippen molar-refractivity contribution in [1.29, 1.82) is 0 Å². The van der Waals surface area contributed by atoms with Gasteiger partial charge in [-0.2, -0.15) is 5.10 Å². The third kappa shape index (κ3) is 8.04. The standard InChI is InChI=1S/C25H37N7O4/c1-18(33)29-20-12-13-31(16-20)24(35)36-15-14-32-22(27-17-28-32)21(30-23(34)25(2,3)26)11-7-10-19-8-5-4-6-9-19/h4-6,8-9,17,20-21H,7,10-16,26H2,1-3H3,(H,29,33)(H,30,34)/t20-,21?/m1/s1. The zero-order valence-electron chi connectivity index (χ0n) is 21.3. The van der Waals surface area contributed by atoms with Gasteiger partial charge in [-0.3, -0.25) is 9.59 Å². The molecule has 3 amide bonds. The molecule has 0 saturated carbocycles. The Bertz CT molecular complexity index is 1020. The molecule has 0 aliphatic carbocycles. The number of rotatable bonds is 11. The average molecular weight is 500 g/mol. The molecule has 4 N–H and O–H groups in total. The molecule has 11 nitrogen and oxygen atoms in total. The zero-order chi connectivity index (χ0) is 26.1. The minimum absolute atomic E-state index is 0.0518. The van der Waals surface area contributed by atoms with Crippen LogP contribution in [0.25, 0.3) is 0 Å². The van der Waals surface area contributed by atoms with E-state index in [-0.39, 0.29) is 30.5 Å². The Morgan fingerprint density at radius 1 is 1.25 bits per heavy atom. The van der Waals surface area contributed by atoms with Crippen LogP contribution in [0.4, 0.5) is 4.79 Å². The van der Waals surface area contributed by atoms with Gasteiger partial charge in [0.15, 0.2) is 0 Å². The van der Waals surface area contributed by atoms with E-state index >= 15 is 0 Å². The number of likely N-dealkylation sites (tertiary alicyclic amines) is 1. The molecule has 1 aromatic heterocycles. The summed E-state index contributed by atoms with van der Waals surface area (Å²) < 4.78 is 7.09. The van der Waals surface area contributed by atoms with Gasteiger partial charge in [-0.1, -0.05) is 30.3 Å². The van der Waals surface area contributed by atoms with Crippen molar-refractivity contribution >= 4 is 17.9 Å². The number of benzene rings is 1. The Hall–Kier alpha value is -3.47. The van der Waals surface area contributed by atoms with Crippen molar-refractivity contribution in [2.45, 2.75) is 70.6 Å². The maximum Gasteiger partial charge on any atom is 0.409 e. The van der Waals surface area contributed by atoms with Gasteiger partial charge in [0.2, 0.25) is 11.8 Å². The topological polar surface area (TPSA) is 144 Å². The molecule has 1 aliphatic heterocycles. The molecule has 0 radical (unpaired) electrons. The molecule has 2 atom stereocenters. The Kier molecular flexibility index (Phi) is 9.40. The van der Waals surface area contributed by atoms with Gasteiger partial charge in [0.25, 0.3) is 0 Å². The fourth-order valence-corrected chi connectivity index (χ4v) is 4.12. The highest BCUT2D eigenvalue weighted by Gasteiger charge is 2.29. The molecular formula is C25H37N7O4. The largest absolute Gasteiger partial charge is 0.447 e. The van der Waals surface area contributed by atoms with Gasteiger partial charge in [0.05, 0.1) is 18.1 Å². The first-order chi connectivity index (χ1) is 17.1. The number of aryl methyl sites for hydroxylation is 1. The van der Waals surface area contributed by atoms with Gasteiger partial charge in [-0.25, -0.2) is 14.5 Å². The summed E-state index contributed by atoms with van der Waals surface area (Å²) in [5.41, 5.74) is 6.19. The van der Waals surface area contributed by atoms with Crippen LogP contribution in [-0.2, 0) is 27.3 Å². The molecule has 11 heteroatoms. The lowest BCUT2D eigenvalue weighted by molar-refractivity contribution is -0.126. The van der Waals surface area contributed by atoms with E-state index in [2.05, 4.69) is 32.8 Å². The lowest BCUT2D eigenvalue weighted by Gasteiger charge is -2.24. The van der Waals surface area contributed by atoms with Crippen molar-refractivity contribution in [3.05, 3.63) is 48.0 Å². The van der Waals surface area contributed by atoms with E-state index in [0.29, 0.717) is 38.3 Å². The SMILES string of the molecule is CC(=O)N[C@@H]1CCN(C(=O)OCCn2ncnc2C(CCCc2ccccc2)NC(=O)C(C)(C)N)C1. The summed E-state index contributed by atoms with van der Waals surface area (Å²) in [6.07, 6.45) is 4.03. The first kappa shape index (κ1) is 27.1. The number of nitrogens with zero attached hydrogens (tertiary/aromatic N) is 4. The summed E-state index contributed by atoms with van der Waals surface area (Å²) in [6, 6.07) is 9.70. The summed E-state index contributed by atoms with van der Waals surface area (Å²) in [5, 5.41) is 10.1. The van der Waals surface area contributed by atoms with Crippen LogP contribution in [0.2, 0.25) is 0 Å². The highest BCUT2D eigenvalue weighted by atomic mass is 16.6. The summed E-state index contributed by atoms with van der Waals surface area (Å²) in [5.74, 6) is 0.192. The molecule has 1 aromatic carbocycles. The maximum atomic E-state index is 12.7. The number of hydrogen-bond donors (Lipinski definition) is 3. The molecular weight excluding hydrogens is 462 g/mol. The maximum absolute atomic E-state index is 12.7. The third-order valence-corrected chi connectivity index (χ3v) is 6.03. The van der Waals surface area contributed by atoms with Crippen molar-refractivity contribution in [2.75, 3.05) is 19.7 Å². The molecule has 1 fully saturated rings. The van der Waals surface area contributed by atoms with E-state index in [1.807, 2.05) is 18.2 Å². The predicted molar refractivity (Wildman–Crippen MR) is 134 cm³/mol. The number of carbonyl (C=O) groups excluding carboxylic acids is 3. The minimum Gasteiger partial charge on any atom is -0.447 e. The van der Waals surface area contributed by atoms with Gasteiger partial charge in [-0.05, 0) is 45.1 Å². The molecule has 2 aromatic rings. The lowest BCUT2D eigenvalue weighted by atomic mass is 10.0. The Labute approximate surface area is 211 Å². The number of nitrogens with two attached hydrogens (primary N) is 1. The fraction of sp³-hybridized carbons (Fsp3) is 0.560. The Morgan fingerprint density at radius 2 is 2.00 bits per heavy atom. The monoisotopic (exact) mass is 499 g/mol. The second kappa shape index (κ2) is 12.5. The summed E-state index contributed by atoms with van der Waals surface area (Å²) in [7, 11) is 0. The van der Waals surface area contributed by atoms with E-state index < -0.39 is 11.6 Å². The number of nitrogens with one attached hydrogen (secondary N) is 2. The van der Waals surface area contributed by atoms with Crippen LogP contribution in [0, 0.1) is 0 Å². The first-order valence-corrected chi connectivity index (χ1v) is 12.3. The van der Waals surface area contributed by atoms with E-state index in [4.69, 9.17) is 10.5 Å². The van der Waals surface area contributed by atoms with E-state index in [9.17, 15) is 14.4 Å². The van der Waals surface area contributed by atoms with Gasteiger partial charge in [0.1, 0.15) is 18.8 Å². The third-order valence-electron chi connectivity index (χ3n) is 6.03. The van der Waals surface area contributed by atoms with Crippen LogP contribution in [0.1, 0.15) is 57.5 Å². The normalized spacial score (nSPS) is 16.4. The van der Waals surface area contributed by atoms with Gasteiger partial charge in [0, 0.05) is 26.1 Å². The zero-order valence-corrected chi connectivity index (χ0v) is 21.3. The van der Waals surface area contributed by atoms with Crippen LogP contribution >= 0.6 is 0 Å². The lowest BCUT2D eigenvalue weighted by Crippen LogP contribution is -2.50. The molecule has 2 heterocycles. The van der Waals surface area contributed by atoms with Crippen LogP contribution < -0.4 is 16.4 Å². The quantitative estimate of drug-likeness (QED) is 0.425. The van der Waals surface area contributed by atoms with Crippen LogP contribution in [-0.4, -0.2) is 68.8 Å². The Morgan fingerprint density at radius 3 is 2.69 bits per heavy atom. The number of amides is 3. The number of carbonyl (C=O) groups is 3. The molecule has 0 bridgehead atoms. The second-order valence-electron chi connectivity index (χ2n) is 9.71. The Balaban J connectivity index is 1.57.